The van der Waals surface area contributed by atoms with Crippen LogP contribution in [-0.2, 0) is 13.6 Å². The van der Waals surface area contributed by atoms with Crippen LogP contribution >= 0.6 is 0 Å². The van der Waals surface area contributed by atoms with Gasteiger partial charge in [0, 0.05) is 56.8 Å². The molecule has 1 saturated heterocycles. The number of aromatic nitrogens is 6. The van der Waals surface area contributed by atoms with Crippen molar-refractivity contribution in [1.29, 1.82) is 0 Å². The highest BCUT2D eigenvalue weighted by atomic mass is 16.5. The Morgan fingerprint density at radius 1 is 1.15 bits per heavy atom. The Morgan fingerprint density at radius 3 is 2.54 bits per heavy atom. The lowest BCUT2D eigenvalue weighted by molar-refractivity contribution is 0.0876. The fourth-order valence-electron chi connectivity index (χ4n) is 3.04. The van der Waals surface area contributed by atoms with Crippen LogP contribution in [0.4, 0.5) is 0 Å². The molecule has 3 aromatic heterocycles. The summed E-state index contributed by atoms with van der Waals surface area (Å²) in [6.45, 7) is 4.36. The van der Waals surface area contributed by atoms with Crippen molar-refractivity contribution in [3.8, 4) is 17.1 Å². The minimum absolute atomic E-state index is 0.127. The summed E-state index contributed by atoms with van der Waals surface area (Å²) >= 11 is 0. The van der Waals surface area contributed by atoms with Crippen molar-refractivity contribution in [2.24, 2.45) is 7.05 Å². The van der Waals surface area contributed by atoms with Gasteiger partial charge in [-0.2, -0.15) is 10.1 Å². The minimum atomic E-state index is 0.127. The standard InChI is InChI=1S/C17H21N7O2/c1-12-21-16(22-26-12)11-24-5-3-15(4-6-24)25-17-18-7-13(8-19-17)14-9-20-23(2)10-14/h7-10,15H,3-6,11H2,1-2H3. The maximum atomic E-state index is 5.93. The second-order valence-electron chi connectivity index (χ2n) is 6.48. The lowest BCUT2D eigenvalue weighted by Crippen LogP contribution is -2.38. The van der Waals surface area contributed by atoms with Crippen molar-refractivity contribution in [3.05, 3.63) is 36.5 Å². The van der Waals surface area contributed by atoms with E-state index in [2.05, 4.69) is 30.1 Å². The predicted molar refractivity (Wildman–Crippen MR) is 92.2 cm³/mol. The van der Waals surface area contributed by atoms with Crippen molar-refractivity contribution in [2.45, 2.75) is 32.4 Å². The summed E-state index contributed by atoms with van der Waals surface area (Å²) in [4.78, 5) is 15.2. The number of hydrogen-bond donors (Lipinski definition) is 0. The zero-order chi connectivity index (χ0) is 17.9. The molecule has 0 amide bonds. The molecule has 4 heterocycles. The maximum Gasteiger partial charge on any atom is 0.316 e. The molecule has 1 aliphatic rings. The van der Waals surface area contributed by atoms with Gasteiger partial charge in [0.2, 0.25) is 5.89 Å². The van der Waals surface area contributed by atoms with Gasteiger partial charge in [0.1, 0.15) is 6.10 Å². The summed E-state index contributed by atoms with van der Waals surface area (Å²) in [5, 5.41) is 8.10. The molecular formula is C17H21N7O2. The second-order valence-corrected chi connectivity index (χ2v) is 6.48. The smallest absolute Gasteiger partial charge is 0.316 e. The summed E-state index contributed by atoms with van der Waals surface area (Å²) in [6, 6.07) is 0.421. The van der Waals surface area contributed by atoms with E-state index in [0.29, 0.717) is 18.4 Å². The van der Waals surface area contributed by atoms with Gasteiger partial charge in [-0.15, -0.1) is 0 Å². The van der Waals surface area contributed by atoms with Crippen molar-refractivity contribution >= 4 is 0 Å². The number of likely N-dealkylation sites (tertiary alicyclic amines) is 1. The molecule has 136 valence electrons. The lowest BCUT2D eigenvalue weighted by Gasteiger charge is -2.30. The highest BCUT2D eigenvalue weighted by Gasteiger charge is 2.22. The average molecular weight is 355 g/mol. The summed E-state index contributed by atoms with van der Waals surface area (Å²) in [6.07, 6.45) is 9.23. The van der Waals surface area contributed by atoms with Crippen LogP contribution < -0.4 is 4.74 Å². The normalized spacial score (nSPS) is 16.1. The van der Waals surface area contributed by atoms with E-state index in [1.54, 1.807) is 30.2 Å². The van der Waals surface area contributed by atoms with Crippen molar-refractivity contribution in [1.82, 2.24) is 34.8 Å². The molecule has 0 saturated carbocycles. The fraction of sp³-hybridized carbons (Fsp3) is 0.471. The summed E-state index contributed by atoms with van der Waals surface area (Å²) in [5.41, 5.74) is 1.92. The van der Waals surface area contributed by atoms with Gasteiger partial charge in [0.15, 0.2) is 5.82 Å². The van der Waals surface area contributed by atoms with E-state index in [1.807, 2.05) is 13.2 Å². The Bertz CT molecular complexity index is 850. The van der Waals surface area contributed by atoms with E-state index in [9.17, 15) is 0 Å². The number of piperidine rings is 1. The second kappa shape index (κ2) is 7.20. The number of nitrogens with zero attached hydrogens (tertiary/aromatic N) is 7. The van der Waals surface area contributed by atoms with E-state index in [1.165, 1.54) is 0 Å². The molecule has 0 bridgehead atoms. The van der Waals surface area contributed by atoms with E-state index >= 15 is 0 Å². The Kier molecular flexibility index (Phi) is 4.61. The van der Waals surface area contributed by atoms with Gasteiger partial charge in [-0.05, 0) is 12.8 Å². The molecule has 0 spiro atoms. The molecule has 0 atom stereocenters. The van der Waals surface area contributed by atoms with E-state index < -0.39 is 0 Å². The van der Waals surface area contributed by atoms with Gasteiger partial charge in [-0.1, -0.05) is 5.16 Å². The molecule has 0 aromatic carbocycles. The first kappa shape index (κ1) is 16.6. The lowest BCUT2D eigenvalue weighted by atomic mass is 10.1. The van der Waals surface area contributed by atoms with Gasteiger partial charge in [0.25, 0.3) is 0 Å². The average Bonchev–Trinajstić information content (AvgIpc) is 3.26. The maximum absolute atomic E-state index is 5.93. The molecule has 1 aliphatic heterocycles. The summed E-state index contributed by atoms with van der Waals surface area (Å²) < 4.78 is 12.7. The van der Waals surface area contributed by atoms with Gasteiger partial charge >= 0.3 is 6.01 Å². The Labute approximate surface area is 151 Å². The third-order valence-electron chi connectivity index (χ3n) is 4.41. The number of aryl methyl sites for hydroxylation is 2. The third kappa shape index (κ3) is 3.88. The van der Waals surface area contributed by atoms with E-state index in [-0.39, 0.29) is 6.10 Å². The topological polar surface area (TPSA) is 95.0 Å². The van der Waals surface area contributed by atoms with Gasteiger partial charge in [0.05, 0.1) is 12.7 Å². The molecule has 9 heteroatoms. The highest BCUT2D eigenvalue weighted by Crippen LogP contribution is 2.20. The molecule has 0 radical (unpaired) electrons. The van der Waals surface area contributed by atoms with Crippen molar-refractivity contribution < 1.29 is 9.26 Å². The molecule has 9 nitrogen and oxygen atoms in total. The zero-order valence-corrected chi connectivity index (χ0v) is 14.9. The summed E-state index contributed by atoms with van der Waals surface area (Å²) in [7, 11) is 1.88. The first-order valence-corrected chi connectivity index (χ1v) is 8.65. The third-order valence-corrected chi connectivity index (χ3v) is 4.41. The van der Waals surface area contributed by atoms with E-state index in [4.69, 9.17) is 9.26 Å². The molecule has 0 aliphatic carbocycles. The number of ether oxygens (including phenoxy) is 1. The van der Waals surface area contributed by atoms with Crippen LogP contribution in [0.2, 0.25) is 0 Å². The molecule has 3 aromatic rings. The zero-order valence-electron chi connectivity index (χ0n) is 14.9. The fourth-order valence-corrected chi connectivity index (χ4v) is 3.04. The van der Waals surface area contributed by atoms with Crippen LogP contribution in [0.25, 0.3) is 11.1 Å². The predicted octanol–water partition coefficient (Wildman–Crippen LogP) is 1.61. The highest BCUT2D eigenvalue weighted by molar-refractivity contribution is 5.59. The van der Waals surface area contributed by atoms with Gasteiger partial charge in [-0.25, -0.2) is 9.97 Å². The first-order valence-electron chi connectivity index (χ1n) is 8.65. The molecule has 26 heavy (non-hydrogen) atoms. The minimum Gasteiger partial charge on any atom is -0.460 e. The monoisotopic (exact) mass is 355 g/mol. The summed E-state index contributed by atoms with van der Waals surface area (Å²) in [5.74, 6) is 1.33. The van der Waals surface area contributed by atoms with Crippen LogP contribution in [0, 0.1) is 6.92 Å². The molecule has 0 N–H and O–H groups in total. The SMILES string of the molecule is Cc1nc(CN2CCC(Oc3ncc(-c4cnn(C)c4)cn3)CC2)no1. The van der Waals surface area contributed by atoms with Crippen LogP contribution in [0.3, 0.4) is 0 Å². The van der Waals surface area contributed by atoms with Crippen LogP contribution in [-0.4, -0.2) is 54.0 Å². The Balaban J connectivity index is 1.29. The quantitative estimate of drug-likeness (QED) is 0.681. The van der Waals surface area contributed by atoms with Gasteiger partial charge in [-0.3, -0.25) is 9.58 Å². The van der Waals surface area contributed by atoms with E-state index in [0.717, 1.165) is 42.9 Å². The van der Waals surface area contributed by atoms with Crippen LogP contribution in [0.5, 0.6) is 6.01 Å². The Morgan fingerprint density at radius 2 is 1.92 bits per heavy atom. The Hall–Kier alpha value is -2.81. The largest absolute Gasteiger partial charge is 0.460 e. The van der Waals surface area contributed by atoms with Crippen molar-refractivity contribution in [3.63, 3.8) is 0 Å². The molecule has 4 rings (SSSR count). The molecular weight excluding hydrogens is 334 g/mol. The molecule has 0 unspecified atom stereocenters. The number of hydrogen-bond acceptors (Lipinski definition) is 8. The number of rotatable bonds is 5. The van der Waals surface area contributed by atoms with Crippen LogP contribution in [0.15, 0.2) is 29.3 Å². The molecule has 1 fully saturated rings. The first-order chi connectivity index (χ1) is 12.7. The van der Waals surface area contributed by atoms with Crippen LogP contribution in [0.1, 0.15) is 24.6 Å². The van der Waals surface area contributed by atoms with Crippen molar-refractivity contribution in [2.75, 3.05) is 13.1 Å². The van der Waals surface area contributed by atoms with Gasteiger partial charge < -0.3 is 9.26 Å².